The third-order valence-corrected chi connectivity index (χ3v) is 3.96. The molecule has 0 radical (unpaired) electrons. The normalized spacial score (nSPS) is 19.8. The number of rotatable bonds is 4. The molecule has 1 saturated heterocycles. The molecule has 0 bridgehead atoms. The third kappa shape index (κ3) is 2.74. The molecule has 1 fully saturated rings. The molecule has 5 nitrogen and oxygen atoms in total. The zero-order chi connectivity index (χ0) is 13.0. The highest BCUT2D eigenvalue weighted by Gasteiger charge is 2.24. The molecule has 18 heavy (non-hydrogen) atoms. The quantitative estimate of drug-likeness (QED) is 0.902. The summed E-state index contributed by atoms with van der Waals surface area (Å²) in [6, 6.07) is 2.14. The summed E-state index contributed by atoms with van der Waals surface area (Å²) in [6.45, 7) is 4.69. The van der Waals surface area contributed by atoms with Gasteiger partial charge in [-0.25, -0.2) is 0 Å². The minimum absolute atomic E-state index is 0.258. The van der Waals surface area contributed by atoms with Gasteiger partial charge in [0.15, 0.2) is 5.82 Å². The zero-order valence-electron chi connectivity index (χ0n) is 10.6. The Kier molecular flexibility index (Phi) is 4.39. The highest BCUT2D eigenvalue weighted by atomic mass is 32.1. The molecule has 1 unspecified atom stereocenters. The lowest BCUT2D eigenvalue weighted by atomic mass is 10.1. The third-order valence-electron chi connectivity index (χ3n) is 3.04. The summed E-state index contributed by atoms with van der Waals surface area (Å²) in [6.07, 6.45) is 3.46. The van der Waals surface area contributed by atoms with Gasteiger partial charge in [0.05, 0.1) is 6.10 Å². The summed E-state index contributed by atoms with van der Waals surface area (Å²) >= 11 is 1.31. The zero-order valence-corrected chi connectivity index (χ0v) is 11.4. The smallest absolute Gasteiger partial charge is 0.157 e. The summed E-state index contributed by atoms with van der Waals surface area (Å²) in [5.74, 6) is 0.342. The van der Waals surface area contributed by atoms with E-state index in [2.05, 4.69) is 22.3 Å². The topological polar surface area (TPSA) is 75.2 Å². The number of nitriles is 1. The molecule has 1 aromatic rings. The summed E-state index contributed by atoms with van der Waals surface area (Å²) < 4.78 is 9.86. The first-order valence-corrected chi connectivity index (χ1v) is 7.05. The summed E-state index contributed by atoms with van der Waals surface area (Å²) in [7, 11) is 0. The van der Waals surface area contributed by atoms with Crippen LogP contribution in [-0.4, -0.2) is 30.2 Å². The van der Waals surface area contributed by atoms with Crippen LogP contribution in [0.5, 0.6) is 0 Å². The molecular formula is C12H18N4OS. The monoisotopic (exact) mass is 266 g/mol. The van der Waals surface area contributed by atoms with Crippen LogP contribution in [0.1, 0.15) is 31.7 Å². The number of nitrogens with two attached hydrogens (primary N) is 1. The van der Waals surface area contributed by atoms with E-state index in [4.69, 9.17) is 15.7 Å². The van der Waals surface area contributed by atoms with Gasteiger partial charge in [0.1, 0.15) is 16.6 Å². The number of ether oxygens (including phenoxy) is 1. The molecule has 0 spiro atoms. The average molecular weight is 266 g/mol. The Labute approximate surface area is 111 Å². The Bertz CT molecular complexity index is 440. The van der Waals surface area contributed by atoms with E-state index in [0.29, 0.717) is 11.4 Å². The molecule has 1 aliphatic rings. The first-order valence-electron chi connectivity index (χ1n) is 6.28. The van der Waals surface area contributed by atoms with Crippen molar-refractivity contribution in [3.63, 3.8) is 0 Å². The van der Waals surface area contributed by atoms with Gasteiger partial charge in [-0.15, -0.1) is 0 Å². The van der Waals surface area contributed by atoms with E-state index < -0.39 is 0 Å². The number of hydrogen-bond acceptors (Lipinski definition) is 6. The SMILES string of the molecule is CCCOC1CCCN(c2snc(N)c2C#N)C1. The Morgan fingerprint density at radius 2 is 2.50 bits per heavy atom. The molecule has 0 amide bonds. The van der Waals surface area contributed by atoms with Crippen LogP contribution in [0.3, 0.4) is 0 Å². The van der Waals surface area contributed by atoms with Gasteiger partial charge in [-0.2, -0.15) is 9.64 Å². The molecule has 2 rings (SSSR count). The van der Waals surface area contributed by atoms with Crippen LogP contribution in [0.15, 0.2) is 0 Å². The van der Waals surface area contributed by atoms with E-state index in [9.17, 15) is 0 Å². The summed E-state index contributed by atoms with van der Waals surface area (Å²) in [4.78, 5) is 2.18. The van der Waals surface area contributed by atoms with Crippen molar-refractivity contribution in [2.75, 3.05) is 30.3 Å². The van der Waals surface area contributed by atoms with Crippen LogP contribution in [0.25, 0.3) is 0 Å². The standard InChI is InChI=1S/C12H18N4OS/c1-2-6-17-9-4-3-5-16(8-9)12-10(7-13)11(14)15-18-12/h9H,2-6,8H2,1H3,(H2,14,15). The average Bonchev–Trinajstić information content (AvgIpc) is 2.77. The van der Waals surface area contributed by atoms with Gasteiger partial charge in [0.25, 0.3) is 0 Å². The number of piperidine rings is 1. The first kappa shape index (κ1) is 13.1. The van der Waals surface area contributed by atoms with Crippen molar-refractivity contribution < 1.29 is 4.74 Å². The molecule has 0 aromatic carbocycles. The van der Waals surface area contributed by atoms with E-state index in [-0.39, 0.29) is 6.10 Å². The minimum atomic E-state index is 0.258. The second kappa shape index (κ2) is 6.03. The Balaban J connectivity index is 2.06. The number of aromatic nitrogens is 1. The van der Waals surface area contributed by atoms with Gasteiger partial charge in [0, 0.05) is 19.7 Å². The van der Waals surface area contributed by atoms with Gasteiger partial charge in [-0.1, -0.05) is 6.92 Å². The van der Waals surface area contributed by atoms with E-state index >= 15 is 0 Å². The second-order valence-electron chi connectivity index (χ2n) is 4.44. The van der Waals surface area contributed by atoms with E-state index in [1.165, 1.54) is 11.5 Å². The van der Waals surface area contributed by atoms with Crippen molar-refractivity contribution >= 4 is 22.4 Å². The van der Waals surface area contributed by atoms with Gasteiger partial charge in [-0.3, -0.25) is 0 Å². The Morgan fingerprint density at radius 3 is 3.22 bits per heavy atom. The molecule has 0 aliphatic carbocycles. The maximum atomic E-state index is 9.10. The van der Waals surface area contributed by atoms with Crippen LogP contribution in [0, 0.1) is 11.3 Å². The lowest BCUT2D eigenvalue weighted by Crippen LogP contribution is -2.39. The highest BCUT2D eigenvalue weighted by molar-refractivity contribution is 7.10. The van der Waals surface area contributed by atoms with Crippen molar-refractivity contribution in [1.82, 2.24) is 4.37 Å². The molecule has 1 atom stereocenters. The molecule has 6 heteroatoms. The van der Waals surface area contributed by atoms with E-state index in [1.807, 2.05) is 0 Å². The Morgan fingerprint density at radius 1 is 1.67 bits per heavy atom. The molecule has 1 aliphatic heterocycles. The fraction of sp³-hybridized carbons (Fsp3) is 0.667. The number of nitrogens with zero attached hydrogens (tertiary/aromatic N) is 3. The predicted octanol–water partition coefficient (Wildman–Crippen LogP) is 1.99. The molecule has 1 aromatic heterocycles. The van der Waals surface area contributed by atoms with E-state index in [0.717, 1.165) is 44.0 Å². The number of hydrogen-bond donors (Lipinski definition) is 1. The van der Waals surface area contributed by atoms with Gasteiger partial charge in [-0.05, 0) is 30.8 Å². The van der Waals surface area contributed by atoms with Crippen LogP contribution >= 0.6 is 11.5 Å². The molecule has 2 heterocycles. The minimum Gasteiger partial charge on any atom is -0.382 e. The van der Waals surface area contributed by atoms with Crippen molar-refractivity contribution in [3.05, 3.63) is 5.56 Å². The predicted molar refractivity (Wildman–Crippen MR) is 72.7 cm³/mol. The summed E-state index contributed by atoms with van der Waals surface area (Å²) in [5.41, 5.74) is 6.20. The molecule has 2 N–H and O–H groups in total. The lowest BCUT2D eigenvalue weighted by Gasteiger charge is -2.33. The fourth-order valence-electron chi connectivity index (χ4n) is 2.16. The fourth-order valence-corrected chi connectivity index (χ4v) is 2.96. The van der Waals surface area contributed by atoms with Crippen LogP contribution in [-0.2, 0) is 4.74 Å². The molecule has 0 saturated carbocycles. The Hall–Kier alpha value is -1.32. The lowest BCUT2D eigenvalue weighted by molar-refractivity contribution is 0.0442. The van der Waals surface area contributed by atoms with Crippen molar-refractivity contribution in [2.24, 2.45) is 0 Å². The maximum Gasteiger partial charge on any atom is 0.157 e. The maximum absolute atomic E-state index is 9.10. The van der Waals surface area contributed by atoms with Crippen molar-refractivity contribution in [1.29, 1.82) is 5.26 Å². The molecule has 98 valence electrons. The summed E-state index contributed by atoms with van der Waals surface area (Å²) in [5, 5.41) is 9.99. The van der Waals surface area contributed by atoms with Gasteiger partial charge >= 0.3 is 0 Å². The first-order chi connectivity index (χ1) is 8.76. The van der Waals surface area contributed by atoms with Gasteiger partial charge < -0.3 is 15.4 Å². The molecular weight excluding hydrogens is 248 g/mol. The number of anilines is 2. The van der Waals surface area contributed by atoms with Gasteiger partial charge in [0.2, 0.25) is 0 Å². The van der Waals surface area contributed by atoms with Crippen LogP contribution in [0.2, 0.25) is 0 Å². The van der Waals surface area contributed by atoms with Crippen LogP contribution in [0.4, 0.5) is 10.8 Å². The second-order valence-corrected chi connectivity index (χ2v) is 5.19. The number of nitrogen functional groups attached to an aromatic ring is 1. The highest BCUT2D eigenvalue weighted by Crippen LogP contribution is 2.32. The van der Waals surface area contributed by atoms with E-state index in [1.54, 1.807) is 0 Å². The van der Waals surface area contributed by atoms with Crippen molar-refractivity contribution in [3.8, 4) is 6.07 Å². The van der Waals surface area contributed by atoms with Crippen molar-refractivity contribution in [2.45, 2.75) is 32.3 Å². The largest absolute Gasteiger partial charge is 0.382 e. The van der Waals surface area contributed by atoms with Crippen LogP contribution < -0.4 is 10.6 Å².